The maximum Gasteiger partial charge on any atom is 0.264 e. The molecule has 1 fully saturated rings. The molecule has 0 aromatic heterocycles. The van der Waals surface area contributed by atoms with Crippen LogP contribution in [0, 0.1) is 0 Å². The van der Waals surface area contributed by atoms with Gasteiger partial charge in [0, 0.05) is 7.11 Å². The highest BCUT2D eigenvalue weighted by Gasteiger charge is 2.28. The van der Waals surface area contributed by atoms with Crippen LogP contribution >= 0.6 is 0 Å². The summed E-state index contributed by atoms with van der Waals surface area (Å²) in [7, 11) is -1.75. The second kappa shape index (κ2) is 4.39. The average molecular weight is 208 g/mol. The summed E-state index contributed by atoms with van der Waals surface area (Å²) in [6, 6.07) is 0. The molecular formula is C8H16O4S. The number of ether oxygens (including phenoxy) is 1. The normalized spacial score (nSPS) is 30.3. The number of hydrogen-bond donors (Lipinski definition) is 0. The van der Waals surface area contributed by atoms with Crippen molar-refractivity contribution in [2.24, 2.45) is 0 Å². The Morgan fingerprint density at radius 2 is 1.69 bits per heavy atom. The predicted octanol–water partition coefficient (Wildman–Crippen LogP) is 0.920. The van der Waals surface area contributed by atoms with Crippen LogP contribution in [0.1, 0.15) is 25.7 Å². The Kier molecular flexibility index (Phi) is 3.70. The Morgan fingerprint density at radius 1 is 1.15 bits per heavy atom. The molecule has 4 nitrogen and oxygen atoms in total. The first-order valence-corrected chi connectivity index (χ1v) is 6.25. The first kappa shape index (κ1) is 10.9. The van der Waals surface area contributed by atoms with Crippen molar-refractivity contribution in [2.75, 3.05) is 13.4 Å². The van der Waals surface area contributed by atoms with E-state index in [-0.39, 0.29) is 12.2 Å². The van der Waals surface area contributed by atoms with Gasteiger partial charge in [0.05, 0.1) is 12.4 Å². The molecule has 78 valence electrons. The molecule has 0 heterocycles. The molecule has 0 N–H and O–H groups in total. The Labute approximate surface area is 79.3 Å². The van der Waals surface area contributed by atoms with Gasteiger partial charge < -0.3 is 4.74 Å². The van der Waals surface area contributed by atoms with Crippen molar-refractivity contribution in [1.29, 1.82) is 0 Å². The SMILES string of the molecule is COC1CCCCC1OS(C)(=O)=O. The maximum atomic E-state index is 10.9. The lowest BCUT2D eigenvalue weighted by molar-refractivity contribution is -0.0196. The minimum atomic E-state index is -3.35. The lowest BCUT2D eigenvalue weighted by Crippen LogP contribution is -2.35. The van der Waals surface area contributed by atoms with Gasteiger partial charge in [-0.25, -0.2) is 0 Å². The van der Waals surface area contributed by atoms with Crippen molar-refractivity contribution in [3.8, 4) is 0 Å². The van der Waals surface area contributed by atoms with Crippen LogP contribution in [0.15, 0.2) is 0 Å². The van der Waals surface area contributed by atoms with Crippen LogP contribution in [0.3, 0.4) is 0 Å². The van der Waals surface area contributed by atoms with Crippen molar-refractivity contribution < 1.29 is 17.3 Å². The highest BCUT2D eigenvalue weighted by molar-refractivity contribution is 7.86. The van der Waals surface area contributed by atoms with E-state index in [0.717, 1.165) is 31.9 Å². The highest BCUT2D eigenvalue weighted by Crippen LogP contribution is 2.24. The molecule has 0 aromatic rings. The van der Waals surface area contributed by atoms with Crippen LogP contribution in [-0.4, -0.2) is 34.0 Å². The molecule has 0 bridgehead atoms. The van der Waals surface area contributed by atoms with Crippen LogP contribution in [0.4, 0.5) is 0 Å². The Hall–Kier alpha value is -0.130. The largest absolute Gasteiger partial charge is 0.379 e. The standard InChI is InChI=1S/C8H16O4S/c1-11-7-5-3-4-6-8(7)12-13(2,9)10/h7-8H,3-6H2,1-2H3. The highest BCUT2D eigenvalue weighted by atomic mass is 32.2. The summed E-state index contributed by atoms with van der Waals surface area (Å²) in [6.45, 7) is 0. The predicted molar refractivity (Wildman–Crippen MR) is 49.0 cm³/mol. The molecule has 2 atom stereocenters. The third-order valence-corrected chi connectivity index (χ3v) is 2.84. The van der Waals surface area contributed by atoms with E-state index in [1.807, 2.05) is 0 Å². The van der Waals surface area contributed by atoms with Crippen LogP contribution in [0.25, 0.3) is 0 Å². The van der Waals surface area contributed by atoms with E-state index in [1.54, 1.807) is 7.11 Å². The van der Waals surface area contributed by atoms with E-state index in [9.17, 15) is 8.42 Å². The minimum Gasteiger partial charge on any atom is -0.379 e. The van der Waals surface area contributed by atoms with E-state index < -0.39 is 10.1 Å². The van der Waals surface area contributed by atoms with Crippen molar-refractivity contribution in [2.45, 2.75) is 37.9 Å². The minimum absolute atomic E-state index is 0.0662. The maximum absolute atomic E-state index is 10.9. The van der Waals surface area contributed by atoms with Gasteiger partial charge in [-0.1, -0.05) is 12.8 Å². The zero-order valence-corrected chi connectivity index (χ0v) is 8.84. The fourth-order valence-corrected chi connectivity index (χ4v) is 2.34. The molecule has 0 aromatic carbocycles. The first-order chi connectivity index (χ1) is 6.03. The second-order valence-electron chi connectivity index (χ2n) is 3.40. The molecule has 13 heavy (non-hydrogen) atoms. The summed E-state index contributed by atoms with van der Waals surface area (Å²) in [5.74, 6) is 0. The number of rotatable bonds is 3. The van der Waals surface area contributed by atoms with Gasteiger partial charge in [-0.05, 0) is 12.8 Å². The fourth-order valence-electron chi connectivity index (χ4n) is 1.67. The summed E-state index contributed by atoms with van der Waals surface area (Å²) in [5.41, 5.74) is 0. The number of hydrogen-bond acceptors (Lipinski definition) is 4. The Bertz CT molecular complexity index is 247. The van der Waals surface area contributed by atoms with Gasteiger partial charge in [0.15, 0.2) is 0 Å². The van der Waals surface area contributed by atoms with Crippen LogP contribution in [0.5, 0.6) is 0 Å². The van der Waals surface area contributed by atoms with Crippen molar-refractivity contribution in [3.63, 3.8) is 0 Å². The molecule has 0 spiro atoms. The number of methoxy groups -OCH3 is 1. The fraction of sp³-hybridized carbons (Fsp3) is 1.00. The molecule has 0 amide bonds. The zero-order chi connectivity index (χ0) is 9.90. The van der Waals surface area contributed by atoms with E-state index in [4.69, 9.17) is 8.92 Å². The summed E-state index contributed by atoms with van der Waals surface area (Å²) < 4.78 is 31.9. The Morgan fingerprint density at radius 3 is 2.15 bits per heavy atom. The van der Waals surface area contributed by atoms with Crippen LogP contribution in [-0.2, 0) is 19.0 Å². The van der Waals surface area contributed by atoms with Gasteiger partial charge >= 0.3 is 0 Å². The van der Waals surface area contributed by atoms with Gasteiger partial charge in [-0.3, -0.25) is 4.18 Å². The molecule has 1 rings (SSSR count). The lowest BCUT2D eigenvalue weighted by atomic mass is 9.95. The molecule has 1 aliphatic carbocycles. The van der Waals surface area contributed by atoms with Gasteiger partial charge in [-0.15, -0.1) is 0 Å². The summed E-state index contributed by atoms with van der Waals surface area (Å²) in [5, 5.41) is 0. The molecule has 1 saturated carbocycles. The van der Waals surface area contributed by atoms with Crippen molar-refractivity contribution >= 4 is 10.1 Å². The van der Waals surface area contributed by atoms with E-state index in [1.165, 1.54) is 0 Å². The molecule has 1 aliphatic rings. The smallest absolute Gasteiger partial charge is 0.264 e. The van der Waals surface area contributed by atoms with Gasteiger partial charge in [0.25, 0.3) is 10.1 Å². The van der Waals surface area contributed by atoms with E-state index in [0.29, 0.717) is 0 Å². The van der Waals surface area contributed by atoms with Gasteiger partial charge in [0.1, 0.15) is 6.10 Å². The molecular weight excluding hydrogens is 192 g/mol. The monoisotopic (exact) mass is 208 g/mol. The van der Waals surface area contributed by atoms with Crippen LogP contribution in [0.2, 0.25) is 0 Å². The van der Waals surface area contributed by atoms with Crippen molar-refractivity contribution in [3.05, 3.63) is 0 Å². The molecule has 0 radical (unpaired) electrons. The van der Waals surface area contributed by atoms with E-state index >= 15 is 0 Å². The molecule has 5 heteroatoms. The van der Waals surface area contributed by atoms with Crippen LogP contribution < -0.4 is 0 Å². The summed E-state index contributed by atoms with van der Waals surface area (Å²) in [4.78, 5) is 0. The molecule has 2 unspecified atom stereocenters. The third kappa shape index (κ3) is 3.62. The quantitative estimate of drug-likeness (QED) is 0.647. The summed E-state index contributed by atoms with van der Waals surface area (Å²) in [6.07, 6.45) is 4.48. The third-order valence-electron chi connectivity index (χ3n) is 2.24. The first-order valence-electron chi connectivity index (χ1n) is 4.44. The average Bonchev–Trinajstić information content (AvgIpc) is 2.02. The van der Waals surface area contributed by atoms with Crippen molar-refractivity contribution in [1.82, 2.24) is 0 Å². The van der Waals surface area contributed by atoms with E-state index in [2.05, 4.69) is 0 Å². The summed E-state index contributed by atoms with van der Waals surface area (Å²) >= 11 is 0. The lowest BCUT2D eigenvalue weighted by Gasteiger charge is -2.28. The second-order valence-corrected chi connectivity index (χ2v) is 5.00. The zero-order valence-electron chi connectivity index (χ0n) is 8.02. The Balaban J connectivity index is 2.55. The molecule has 0 aliphatic heterocycles. The van der Waals surface area contributed by atoms with Gasteiger partial charge in [-0.2, -0.15) is 8.42 Å². The topological polar surface area (TPSA) is 52.6 Å². The van der Waals surface area contributed by atoms with Gasteiger partial charge in [0.2, 0.25) is 0 Å². The molecule has 0 saturated heterocycles.